The lowest BCUT2D eigenvalue weighted by molar-refractivity contribution is -0.116. The van der Waals surface area contributed by atoms with Gasteiger partial charge in [0, 0.05) is 18.5 Å². The van der Waals surface area contributed by atoms with Gasteiger partial charge in [-0.1, -0.05) is 32.0 Å². The Morgan fingerprint density at radius 1 is 1.25 bits per heavy atom. The lowest BCUT2D eigenvalue weighted by atomic mass is 10.2. The number of para-hydroxylation sites is 1. The molecule has 16 heavy (non-hydrogen) atoms. The number of benzene rings is 1. The monoisotopic (exact) mass is 217 g/mol. The van der Waals surface area contributed by atoms with Crippen LogP contribution in [0.2, 0.25) is 0 Å². The molecule has 0 radical (unpaired) electrons. The van der Waals surface area contributed by atoms with Gasteiger partial charge in [0.1, 0.15) is 0 Å². The molecule has 1 amide bonds. The maximum absolute atomic E-state index is 11.3. The third-order valence-electron chi connectivity index (χ3n) is 1.71. The van der Waals surface area contributed by atoms with Crippen molar-refractivity contribution in [1.82, 2.24) is 0 Å². The molecule has 1 N–H and O–H groups in total. The van der Waals surface area contributed by atoms with Gasteiger partial charge >= 0.3 is 0 Å². The van der Waals surface area contributed by atoms with E-state index in [9.17, 15) is 4.79 Å². The fourth-order valence-corrected chi connectivity index (χ4v) is 1.05. The van der Waals surface area contributed by atoms with Crippen LogP contribution in [0, 0.1) is 11.8 Å². The zero-order valence-corrected chi connectivity index (χ0v) is 10.2. The molecule has 0 bridgehead atoms. The van der Waals surface area contributed by atoms with Gasteiger partial charge in [0.25, 0.3) is 0 Å². The van der Waals surface area contributed by atoms with E-state index in [1.807, 2.05) is 44.2 Å². The number of hydrogen-bond donors (Lipinski definition) is 1. The van der Waals surface area contributed by atoms with Crippen molar-refractivity contribution in [2.75, 3.05) is 5.32 Å². The Morgan fingerprint density at radius 3 is 2.44 bits per heavy atom. The summed E-state index contributed by atoms with van der Waals surface area (Å²) < 4.78 is 0. The van der Waals surface area contributed by atoms with E-state index in [0.29, 0.717) is 12.8 Å². The summed E-state index contributed by atoms with van der Waals surface area (Å²) in [5.41, 5.74) is 0.835. The molecule has 1 aromatic carbocycles. The predicted octanol–water partition coefficient (Wildman–Crippen LogP) is 3.45. The zero-order chi connectivity index (χ0) is 12.2. The Bertz CT molecular complexity index is 346. The van der Waals surface area contributed by atoms with Crippen LogP contribution in [0.1, 0.15) is 33.6 Å². The molecule has 86 valence electrons. The number of anilines is 1. The minimum Gasteiger partial charge on any atom is -0.326 e. The third-order valence-corrected chi connectivity index (χ3v) is 1.71. The average molecular weight is 217 g/mol. The van der Waals surface area contributed by atoms with Crippen LogP contribution in [0.25, 0.3) is 0 Å². The second-order valence-electron chi connectivity index (χ2n) is 2.84. The van der Waals surface area contributed by atoms with E-state index < -0.39 is 0 Å². The molecule has 2 heteroatoms. The van der Waals surface area contributed by atoms with Gasteiger partial charge in [-0.15, -0.1) is 11.8 Å². The van der Waals surface area contributed by atoms with Gasteiger partial charge in [-0.05, 0) is 19.1 Å². The first-order valence-corrected chi connectivity index (χ1v) is 5.57. The van der Waals surface area contributed by atoms with E-state index in [1.54, 1.807) is 6.92 Å². The number of nitrogens with one attached hydrogen (secondary N) is 1. The average Bonchev–Trinajstić information content (AvgIpc) is 2.33. The highest BCUT2D eigenvalue weighted by Gasteiger charge is 1.99. The molecule has 2 nitrogen and oxygen atoms in total. The largest absolute Gasteiger partial charge is 0.326 e. The van der Waals surface area contributed by atoms with Crippen LogP contribution in [0.15, 0.2) is 30.3 Å². The van der Waals surface area contributed by atoms with Crippen LogP contribution in [-0.2, 0) is 4.79 Å². The van der Waals surface area contributed by atoms with E-state index in [-0.39, 0.29) is 5.91 Å². The smallest absolute Gasteiger partial charge is 0.225 e. The molecular formula is C14H19NO. The summed E-state index contributed by atoms with van der Waals surface area (Å²) in [5, 5.41) is 2.79. The number of rotatable bonds is 3. The summed E-state index contributed by atoms with van der Waals surface area (Å²) in [6.45, 7) is 5.77. The third kappa shape index (κ3) is 6.67. The minimum atomic E-state index is 0.0129. The van der Waals surface area contributed by atoms with Gasteiger partial charge in [-0.2, -0.15) is 0 Å². The highest BCUT2D eigenvalue weighted by Crippen LogP contribution is 2.05. The molecule has 0 fully saturated rings. The van der Waals surface area contributed by atoms with Crippen molar-refractivity contribution < 1.29 is 4.79 Å². The maximum Gasteiger partial charge on any atom is 0.225 e. The molecule has 0 aromatic heterocycles. The van der Waals surface area contributed by atoms with Crippen molar-refractivity contribution in [3.63, 3.8) is 0 Å². The molecule has 0 atom stereocenters. The number of amides is 1. The second-order valence-corrected chi connectivity index (χ2v) is 2.84. The molecule has 1 aromatic rings. The van der Waals surface area contributed by atoms with Gasteiger partial charge in [-0.25, -0.2) is 0 Å². The predicted molar refractivity (Wildman–Crippen MR) is 69.1 cm³/mol. The van der Waals surface area contributed by atoms with Crippen molar-refractivity contribution in [3.8, 4) is 11.8 Å². The molecule has 0 aliphatic heterocycles. The van der Waals surface area contributed by atoms with Gasteiger partial charge in [0.05, 0.1) is 0 Å². The first-order chi connectivity index (χ1) is 7.83. The summed E-state index contributed by atoms with van der Waals surface area (Å²) in [4.78, 5) is 11.3. The molecule has 0 aliphatic rings. The van der Waals surface area contributed by atoms with Crippen molar-refractivity contribution in [2.24, 2.45) is 0 Å². The quantitative estimate of drug-likeness (QED) is 0.772. The first kappa shape index (κ1) is 14.2. The molecule has 0 saturated heterocycles. The Balaban J connectivity index is 0.00000106. The summed E-state index contributed by atoms with van der Waals surface area (Å²) in [6.07, 6.45) is 1.07. The number of hydrogen-bond acceptors (Lipinski definition) is 1. The van der Waals surface area contributed by atoms with E-state index in [1.165, 1.54) is 0 Å². The van der Waals surface area contributed by atoms with E-state index in [2.05, 4.69) is 17.2 Å². The molecule has 0 saturated carbocycles. The SMILES string of the molecule is CC.CC#CCCC(=O)Nc1ccccc1. The van der Waals surface area contributed by atoms with Gasteiger partial charge in [0.15, 0.2) is 0 Å². The summed E-state index contributed by atoms with van der Waals surface area (Å²) in [7, 11) is 0. The molecule has 0 heterocycles. The van der Waals surface area contributed by atoms with Gasteiger partial charge < -0.3 is 5.32 Å². The van der Waals surface area contributed by atoms with E-state index in [0.717, 1.165) is 5.69 Å². The summed E-state index contributed by atoms with van der Waals surface area (Å²) in [6, 6.07) is 9.42. The lowest BCUT2D eigenvalue weighted by Crippen LogP contribution is -2.10. The Kier molecular flexibility index (Phi) is 8.72. The maximum atomic E-state index is 11.3. The summed E-state index contributed by atoms with van der Waals surface area (Å²) in [5.74, 6) is 5.62. The Hall–Kier alpha value is -1.75. The van der Waals surface area contributed by atoms with Crippen molar-refractivity contribution in [3.05, 3.63) is 30.3 Å². The molecular weight excluding hydrogens is 198 g/mol. The molecule has 0 aliphatic carbocycles. The van der Waals surface area contributed by atoms with Crippen LogP contribution in [0.5, 0.6) is 0 Å². The van der Waals surface area contributed by atoms with E-state index in [4.69, 9.17) is 0 Å². The van der Waals surface area contributed by atoms with Crippen LogP contribution in [0.4, 0.5) is 5.69 Å². The molecule has 0 spiro atoms. The molecule has 1 rings (SSSR count). The van der Waals surface area contributed by atoms with Gasteiger partial charge in [0.2, 0.25) is 5.91 Å². The lowest BCUT2D eigenvalue weighted by Gasteiger charge is -2.02. The second kappa shape index (κ2) is 9.79. The zero-order valence-electron chi connectivity index (χ0n) is 10.2. The standard InChI is InChI=1S/C12H13NO.C2H6/c1-2-3-5-10-12(14)13-11-8-6-4-7-9-11;1-2/h4,6-9H,5,10H2,1H3,(H,13,14);1-2H3. The normalized spacial score (nSPS) is 7.94. The van der Waals surface area contributed by atoms with Crippen LogP contribution >= 0.6 is 0 Å². The van der Waals surface area contributed by atoms with Crippen LogP contribution in [0.3, 0.4) is 0 Å². The summed E-state index contributed by atoms with van der Waals surface area (Å²) >= 11 is 0. The fraction of sp³-hybridized carbons (Fsp3) is 0.357. The highest BCUT2D eigenvalue weighted by molar-refractivity contribution is 5.90. The number of carbonyl (C=O) groups is 1. The fourth-order valence-electron chi connectivity index (χ4n) is 1.05. The number of carbonyl (C=O) groups excluding carboxylic acids is 1. The molecule has 0 unspecified atom stereocenters. The first-order valence-electron chi connectivity index (χ1n) is 5.57. The van der Waals surface area contributed by atoms with E-state index >= 15 is 0 Å². The van der Waals surface area contributed by atoms with Crippen molar-refractivity contribution >= 4 is 11.6 Å². The van der Waals surface area contributed by atoms with Crippen LogP contribution in [-0.4, -0.2) is 5.91 Å². The van der Waals surface area contributed by atoms with Crippen molar-refractivity contribution in [1.29, 1.82) is 0 Å². The van der Waals surface area contributed by atoms with Gasteiger partial charge in [-0.3, -0.25) is 4.79 Å². The topological polar surface area (TPSA) is 29.1 Å². The Labute approximate surface area is 98.1 Å². The highest BCUT2D eigenvalue weighted by atomic mass is 16.1. The minimum absolute atomic E-state index is 0.0129. The van der Waals surface area contributed by atoms with Crippen LogP contribution < -0.4 is 5.32 Å². The van der Waals surface area contributed by atoms with Crippen molar-refractivity contribution in [2.45, 2.75) is 33.6 Å². The Morgan fingerprint density at radius 2 is 1.88 bits per heavy atom.